The Balaban J connectivity index is 2.03. The predicted molar refractivity (Wildman–Crippen MR) is 84.9 cm³/mol. The molecule has 3 rings (SSSR count). The third-order valence-corrected chi connectivity index (χ3v) is 4.87. The largest absolute Gasteiger partial charge is 0.471 e. The first-order valence-corrected chi connectivity index (χ1v) is 8.88. The lowest BCUT2D eigenvalue weighted by Crippen LogP contribution is -2.43. The Labute approximate surface area is 146 Å². The molecule has 0 N–H and O–H groups in total. The lowest BCUT2D eigenvalue weighted by atomic mass is 10.0. The van der Waals surface area contributed by atoms with Crippen molar-refractivity contribution in [2.75, 3.05) is 12.8 Å². The Morgan fingerprint density at radius 3 is 2.64 bits per heavy atom. The molecule has 2 aromatic heterocycles. The van der Waals surface area contributed by atoms with Crippen LogP contribution in [0.3, 0.4) is 0 Å². The van der Waals surface area contributed by atoms with E-state index in [0.717, 1.165) is 10.6 Å². The number of aromatic nitrogens is 5. The number of thioether (sulfide) groups is 1. The van der Waals surface area contributed by atoms with Crippen molar-refractivity contribution in [1.29, 1.82) is 0 Å². The number of halogens is 3. The number of rotatable bonds is 3. The van der Waals surface area contributed by atoms with E-state index in [0.29, 0.717) is 35.2 Å². The quantitative estimate of drug-likeness (QED) is 0.768. The average Bonchev–Trinajstić information content (AvgIpc) is 3.13. The third kappa shape index (κ3) is 3.00. The summed E-state index contributed by atoms with van der Waals surface area (Å²) in [7, 11) is 1.74. The van der Waals surface area contributed by atoms with Crippen molar-refractivity contribution in [3.63, 3.8) is 0 Å². The molecular formula is C14H17F3N6OS. The number of nitrogens with zero attached hydrogens (tertiary/aromatic N) is 6. The van der Waals surface area contributed by atoms with Gasteiger partial charge in [-0.1, -0.05) is 11.8 Å². The van der Waals surface area contributed by atoms with Crippen molar-refractivity contribution in [2.24, 2.45) is 7.05 Å². The van der Waals surface area contributed by atoms with Crippen molar-refractivity contribution >= 4 is 17.7 Å². The van der Waals surface area contributed by atoms with Crippen LogP contribution in [-0.4, -0.2) is 54.3 Å². The van der Waals surface area contributed by atoms with Gasteiger partial charge in [-0.3, -0.25) is 9.48 Å². The minimum atomic E-state index is -4.88. The minimum absolute atomic E-state index is 0.0147. The maximum absolute atomic E-state index is 12.8. The molecular weight excluding hydrogens is 357 g/mol. The highest BCUT2D eigenvalue weighted by Gasteiger charge is 2.44. The fraction of sp³-hybridized carbons (Fsp3) is 0.571. The van der Waals surface area contributed by atoms with Gasteiger partial charge in [-0.05, 0) is 13.2 Å². The average molecular weight is 374 g/mol. The Morgan fingerprint density at radius 2 is 2.04 bits per heavy atom. The van der Waals surface area contributed by atoms with Crippen molar-refractivity contribution in [3.8, 4) is 11.5 Å². The molecule has 0 saturated carbocycles. The summed E-state index contributed by atoms with van der Waals surface area (Å²) in [5, 5.41) is 13.4. The highest BCUT2D eigenvalue weighted by molar-refractivity contribution is 7.98. The van der Waals surface area contributed by atoms with Crippen molar-refractivity contribution in [2.45, 2.75) is 37.8 Å². The topological polar surface area (TPSA) is 68.8 Å². The normalized spacial score (nSPS) is 14.7. The maximum Gasteiger partial charge on any atom is 0.471 e. The van der Waals surface area contributed by atoms with E-state index < -0.39 is 12.1 Å². The number of amides is 1. The molecule has 0 aromatic carbocycles. The van der Waals surface area contributed by atoms with Crippen LogP contribution in [0.4, 0.5) is 13.2 Å². The van der Waals surface area contributed by atoms with Crippen molar-refractivity contribution < 1.29 is 18.0 Å². The van der Waals surface area contributed by atoms with Gasteiger partial charge in [0.05, 0.1) is 6.54 Å². The number of fused-ring (bicyclic) bond motifs is 1. The third-order valence-electron chi connectivity index (χ3n) is 4.20. The lowest BCUT2D eigenvalue weighted by molar-refractivity contribution is -0.186. The van der Waals surface area contributed by atoms with Crippen LogP contribution in [-0.2, 0) is 31.4 Å². The van der Waals surface area contributed by atoms with E-state index in [1.165, 1.54) is 11.8 Å². The molecule has 0 atom stereocenters. The molecule has 25 heavy (non-hydrogen) atoms. The van der Waals surface area contributed by atoms with Gasteiger partial charge in [0.1, 0.15) is 5.69 Å². The fourth-order valence-electron chi connectivity index (χ4n) is 3.02. The molecule has 2 aromatic rings. The van der Waals surface area contributed by atoms with Gasteiger partial charge in [-0.2, -0.15) is 18.3 Å². The monoisotopic (exact) mass is 374 g/mol. The second kappa shape index (κ2) is 6.36. The van der Waals surface area contributed by atoms with Crippen LogP contribution in [0.2, 0.25) is 0 Å². The molecule has 0 fully saturated rings. The summed E-state index contributed by atoms with van der Waals surface area (Å²) in [6, 6.07) is 0. The first kappa shape index (κ1) is 17.8. The number of aryl methyl sites for hydroxylation is 1. The molecule has 11 heteroatoms. The SMILES string of the molecule is CCn1c(SC)nnc1-c1nn(C)c2c1CN(C(=O)C(F)(F)F)CC2. The van der Waals surface area contributed by atoms with Gasteiger partial charge in [-0.15, -0.1) is 10.2 Å². The highest BCUT2D eigenvalue weighted by atomic mass is 32.2. The Bertz CT molecular complexity index is 812. The van der Waals surface area contributed by atoms with Gasteiger partial charge < -0.3 is 9.47 Å². The molecule has 136 valence electrons. The van der Waals surface area contributed by atoms with Crippen molar-refractivity contribution in [1.82, 2.24) is 29.4 Å². The van der Waals surface area contributed by atoms with Crippen LogP contribution in [0.25, 0.3) is 11.5 Å². The van der Waals surface area contributed by atoms with Gasteiger partial charge in [0.25, 0.3) is 0 Å². The standard InChI is InChI=1S/C14H17F3N6OS/c1-4-23-11(18-19-13(23)25-3)10-8-7-22(12(24)14(15,16)17)6-5-9(8)21(2)20-10/h4-7H2,1-3H3. The van der Waals surface area contributed by atoms with Crippen molar-refractivity contribution in [3.05, 3.63) is 11.3 Å². The number of hydrogen-bond donors (Lipinski definition) is 0. The smallest absolute Gasteiger partial charge is 0.330 e. The van der Waals surface area contributed by atoms with E-state index in [1.807, 2.05) is 17.7 Å². The number of alkyl halides is 3. The molecule has 0 spiro atoms. The van der Waals surface area contributed by atoms with Gasteiger partial charge >= 0.3 is 12.1 Å². The summed E-state index contributed by atoms with van der Waals surface area (Å²) >= 11 is 1.43. The van der Waals surface area contributed by atoms with Crippen LogP contribution in [0.15, 0.2) is 5.16 Å². The summed E-state index contributed by atoms with van der Waals surface area (Å²) in [6.07, 6.45) is -2.69. The summed E-state index contributed by atoms with van der Waals surface area (Å²) in [5.74, 6) is -1.32. The van der Waals surface area contributed by atoms with Gasteiger partial charge in [-0.25, -0.2) is 0 Å². The fourth-order valence-corrected chi connectivity index (χ4v) is 3.58. The van der Waals surface area contributed by atoms with E-state index >= 15 is 0 Å². The molecule has 1 aliphatic rings. The van der Waals surface area contributed by atoms with E-state index in [1.54, 1.807) is 11.7 Å². The van der Waals surface area contributed by atoms with Crippen LogP contribution >= 0.6 is 11.8 Å². The van der Waals surface area contributed by atoms with Crippen LogP contribution in [0.1, 0.15) is 18.2 Å². The summed E-state index contributed by atoms with van der Waals surface area (Å²) in [6.45, 7) is 2.42. The Hall–Kier alpha value is -2.04. The maximum atomic E-state index is 12.8. The molecule has 0 radical (unpaired) electrons. The second-order valence-corrected chi connectivity index (χ2v) is 6.40. The summed E-state index contributed by atoms with van der Waals surface area (Å²) in [4.78, 5) is 12.4. The molecule has 7 nitrogen and oxygen atoms in total. The molecule has 0 unspecified atom stereocenters. The Morgan fingerprint density at radius 1 is 1.32 bits per heavy atom. The van der Waals surface area contributed by atoms with E-state index in [4.69, 9.17) is 0 Å². The van der Waals surface area contributed by atoms with Crippen LogP contribution in [0, 0.1) is 0 Å². The molecule has 0 saturated heterocycles. The minimum Gasteiger partial charge on any atom is -0.330 e. The van der Waals surface area contributed by atoms with Gasteiger partial charge in [0, 0.05) is 37.8 Å². The molecule has 1 amide bonds. The predicted octanol–water partition coefficient (Wildman–Crippen LogP) is 1.87. The zero-order chi connectivity index (χ0) is 18.4. The van der Waals surface area contributed by atoms with Gasteiger partial charge in [0.2, 0.25) is 0 Å². The zero-order valence-corrected chi connectivity index (χ0v) is 14.8. The van der Waals surface area contributed by atoms with E-state index in [2.05, 4.69) is 15.3 Å². The van der Waals surface area contributed by atoms with Crippen LogP contribution < -0.4 is 0 Å². The first-order valence-electron chi connectivity index (χ1n) is 7.66. The van der Waals surface area contributed by atoms with Crippen LogP contribution in [0.5, 0.6) is 0 Å². The summed E-state index contributed by atoms with van der Waals surface area (Å²) < 4.78 is 41.8. The number of hydrogen-bond acceptors (Lipinski definition) is 5. The molecule has 1 aliphatic heterocycles. The van der Waals surface area contributed by atoms with E-state index in [9.17, 15) is 18.0 Å². The molecule has 3 heterocycles. The summed E-state index contributed by atoms with van der Waals surface area (Å²) in [5.41, 5.74) is 1.89. The number of carbonyl (C=O) groups is 1. The molecule has 0 aliphatic carbocycles. The highest BCUT2D eigenvalue weighted by Crippen LogP contribution is 2.32. The molecule has 0 bridgehead atoms. The lowest BCUT2D eigenvalue weighted by Gasteiger charge is -2.28. The van der Waals surface area contributed by atoms with Gasteiger partial charge in [0.15, 0.2) is 11.0 Å². The zero-order valence-electron chi connectivity index (χ0n) is 14.0. The first-order chi connectivity index (χ1) is 11.8. The second-order valence-electron chi connectivity index (χ2n) is 5.63. The van der Waals surface area contributed by atoms with E-state index in [-0.39, 0.29) is 13.1 Å². The number of carbonyl (C=O) groups excluding carboxylic acids is 1. The Kier molecular flexibility index (Phi) is 4.52.